The lowest BCUT2D eigenvalue weighted by atomic mass is 9.44. The van der Waals surface area contributed by atoms with Gasteiger partial charge in [0.2, 0.25) is 29.6 Å². The molecule has 135 heavy (non-hydrogen) atoms. The van der Waals surface area contributed by atoms with E-state index >= 15 is 4.79 Å². The number of guanidine groups is 1. The number of hydrogen-bond donors (Lipinski definition) is 17. The molecule has 6 aromatic rings. The number of esters is 4. The van der Waals surface area contributed by atoms with Crippen molar-refractivity contribution in [2.75, 3.05) is 42.8 Å². The molecule has 2 aromatic heterocycles. The number of carbonyl (C=O) groups excluding carboxylic acids is 12. The number of aliphatic imine (C=N–C) groups is 1. The number of nitrogens with one attached hydrogen (secondary N) is 8. The number of H-pyrrole nitrogens is 1. The molecule has 3 heterocycles. The molecule has 0 radical (unpaired) electrons. The Balaban J connectivity index is 0.000000303. The quantitative estimate of drug-likeness (QED) is 0.00497. The fraction of sp³-hybridized carbons (Fsp3) is 0.443. The minimum atomic E-state index is -2.46. The average Bonchev–Trinajstić information content (AvgIpc) is 0.665. The lowest BCUT2D eigenvalue weighted by Gasteiger charge is -2.67. The number of anilines is 2. The molecule has 10 rings (SSSR count). The first-order valence-electron chi connectivity index (χ1n) is 42.2. The highest BCUT2D eigenvalue weighted by Gasteiger charge is 2.79. The van der Waals surface area contributed by atoms with Crippen LogP contribution >= 0.6 is 21.6 Å². The number of nitrogen functional groups attached to an aromatic ring is 1. The molecule has 0 spiro atoms. The number of carboxylic acid groups (broad SMARTS) is 4. The van der Waals surface area contributed by atoms with Crippen LogP contribution < -0.4 is 60.0 Å². The molecule has 2 saturated carbocycles. The van der Waals surface area contributed by atoms with Gasteiger partial charge in [0.25, 0.3) is 17.4 Å². The zero-order valence-corrected chi connectivity index (χ0v) is 75.9. The van der Waals surface area contributed by atoms with Crippen molar-refractivity contribution < 1.29 is 141 Å². The van der Waals surface area contributed by atoms with Crippen LogP contribution in [0.4, 0.5) is 16.4 Å². The summed E-state index contributed by atoms with van der Waals surface area (Å²) in [7, 11) is 3.56. The molecular weight excluding hydrogens is 1810 g/mol. The number of ketones is 1. The van der Waals surface area contributed by atoms with Gasteiger partial charge < -0.3 is 118 Å². The van der Waals surface area contributed by atoms with Gasteiger partial charge in [-0.2, -0.15) is 4.98 Å². The first-order chi connectivity index (χ1) is 63.9. The Bertz CT molecular complexity index is 5540. The Hall–Kier alpha value is -14.2. The van der Waals surface area contributed by atoms with E-state index in [2.05, 4.69) is 62.1 Å². The second-order valence-electron chi connectivity index (χ2n) is 32.6. The van der Waals surface area contributed by atoms with Gasteiger partial charge in [0.05, 0.1) is 67.9 Å². The number of Topliss-reactive ketones (excluding diaryl/α,β-unsaturated/α-hetero) is 1. The highest BCUT2D eigenvalue weighted by Crippen LogP contribution is 2.65. The van der Waals surface area contributed by atoms with Gasteiger partial charge in [-0.25, -0.2) is 33.9 Å². The van der Waals surface area contributed by atoms with Crippen molar-refractivity contribution in [3.05, 3.63) is 171 Å². The van der Waals surface area contributed by atoms with Crippen LogP contribution in [0.25, 0.3) is 11.2 Å². The lowest BCUT2D eigenvalue weighted by Crippen LogP contribution is -2.82. The van der Waals surface area contributed by atoms with Crippen LogP contribution in [-0.4, -0.2) is 261 Å². The first kappa shape index (κ1) is 105. The SMILES string of the molecule is CCCSSC[C@H](NC(=O)[C@H](CC(=O)O)NC(=O)[C@H](CCCN=C(N)N)NC(=O)[C@H](CC(=O)O)NC(=O)CC[C@H](NC(=O)c1ccc(NCc2cnc3nc(N)[nH]c(=O)c3n2)cc1)C(=O)O)C(=O)O.COC(=O)O[C@H]1C[C@H]2OC[C@@]2(OC(C)=O)C2[C@H](OC(=O)c3ccccc3)[C@]3(O)C[C@H](OC(=O)[C@H](O)[C@H](NC(=O)c4ccccc4)c4ccccc4)C(C)=C([C@@H](OC(C)=O)C(=O)[C@@]21C)C3(C)C. The third-order valence-corrected chi connectivity index (χ3v) is 25.7. The van der Waals surface area contributed by atoms with E-state index in [-0.39, 0.29) is 95.6 Å². The summed E-state index contributed by atoms with van der Waals surface area (Å²) in [5.74, 6) is -18.5. The number of benzene rings is 4. The van der Waals surface area contributed by atoms with Crippen molar-refractivity contribution in [2.45, 2.75) is 197 Å². The number of ether oxygens (including phenoxy) is 7. The molecule has 6 amide bonds. The summed E-state index contributed by atoms with van der Waals surface area (Å²) in [5.41, 5.74) is 9.13. The van der Waals surface area contributed by atoms with Gasteiger partial charge in [0, 0.05) is 73.4 Å². The molecule has 16 atom stereocenters. The highest BCUT2D eigenvalue weighted by molar-refractivity contribution is 8.76. The summed E-state index contributed by atoms with van der Waals surface area (Å²) in [6, 6.07) is 20.0. The lowest BCUT2D eigenvalue weighted by molar-refractivity contribution is -0.346. The minimum Gasteiger partial charge on any atom is -0.481 e. The molecule has 3 aliphatic carbocycles. The van der Waals surface area contributed by atoms with Crippen molar-refractivity contribution in [3.63, 3.8) is 0 Å². The van der Waals surface area contributed by atoms with Crippen LogP contribution in [0.2, 0.25) is 0 Å². The normalized spacial score (nSPS) is 21.5. The van der Waals surface area contributed by atoms with E-state index in [0.29, 0.717) is 22.7 Å². The van der Waals surface area contributed by atoms with Crippen molar-refractivity contribution in [1.29, 1.82) is 0 Å². The Kier molecular flexibility index (Phi) is 36.0. The van der Waals surface area contributed by atoms with Gasteiger partial charge in [-0.3, -0.25) is 67.5 Å². The van der Waals surface area contributed by atoms with Crippen LogP contribution in [0, 0.1) is 16.7 Å². The largest absolute Gasteiger partial charge is 0.508 e. The molecule has 1 aliphatic heterocycles. The van der Waals surface area contributed by atoms with E-state index in [4.69, 9.17) is 50.4 Å². The highest BCUT2D eigenvalue weighted by atomic mass is 33.1. The maximum Gasteiger partial charge on any atom is 0.508 e. The van der Waals surface area contributed by atoms with E-state index in [9.17, 15) is 107 Å². The molecule has 20 N–H and O–H groups in total. The number of nitrogens with two attached hydrogens (primary N) is 3. The third kappa shape index (κ3) is 26.0. The van der Waals surface area contributed by atoms with E-state index in [1.54, 1.807) is 78.9 Å². The smallest absolute Gasteiger partial charge is 0.481 e. The Morgan fingerprint density at radius 1 is 0.674 bits per heavy atom. The van der Waals surface area contributed by atoms with E-state index in [1.165, 1.54) is 81.1 Å². The number of carboxylic acids is 4. The summed E-state index contributed by atoms with van der Waals surface area (Å²) < 4.78 is 41.3. The molecule has 1 unspecified atom stereocenters. The van der Waals surface area contributed by atoms with Crippen molar-refractivity contribution in [3.8, 4) is 0 Å². The summed E-state index contributed by atoms with van der Waals surface area (Å²) in [4.78, 5) is 242. The second kappa shape index (κ2) is 46.5. The Morgan fingerprint density at radius 2 is 1.25 bits per heavy atom. The number of amides is 6. The maximum absolute atomic E-state index is 15.9. The zero-order chi connectivity index (χ0) is 99.1. The number of methoxy groups -OCH3 is 1. The number of carbonyl (C=O) groups is 16. The molecule has 1 saturated heterocycles. The Morgan fingerprint density at radius 3 is 1.82 bits per heavy atom. The number of aromatic amines is 1. The van der Waals surface area contributed by atoms with Crippen molar-refractivity contribution in [1.82, 2.24) is 51.8 Å². The molecule has 4 aromatic carbocycles. The van der Waals surface area contributed by atoms with Crippen LogP contribution in [-0.2, 0) is 97.2 Å². The number of fused-ring (bicyclic) bond motifs is 6. The van der Waals surface area contributed by atoms with Crippen molar-refractivity contribution >= 4 is 145 Å². The fourth-order valence-electron chi connectivity index (χ4n) is 16.3. The van der Waals surface area contributed by atoms with Gasteiger partial charge in [-0.05, 0) is 105 Å². The number of aliphatic hydroxyl groups is 2. The topological polar surface area (TPSA) is 705 Å². The van der Waals surface area contributed by atoms with Gasteiger partial charge >= 0.3 is 53.9 Å². The van der Waals surface area contributed by atoms with E-state index in [1.807, 2.05) is 6.92 Å². The first-order valence-corrected chi connectivity index (χ1v) is 44.7. The molecule has 724 valence electrons. The summed E-state index contributed by atoms with van der Waals surface area (Å²) in [6.07, 6.45) is -13.4. The number of aliphatic carboxylic acids is 4. The maximum atomic E-state index is 15.9. The zero-order valence-electron chi connectivity index (χ0n) is 74.3. The standard InChI is InChI=1S/C49H53NO16.C39H52N14O14S2/c1-26-32(63-44(57)37(53)36(29-17-11-8-12-18-29)50-42(55)30-19-13-9-14-20-30)24-49(59)41(65-43(56)31-21-15-10-16-22-31)39-47(6,40(54)38(62-27(2)51)35(26)46(49,4)5)33(64-45(58)60-7)23-34-48(39,25-61-34)66-28(3)52;1-2-12-68-69-17-25(37(66)67)51-34(62)24(14-28(57)58)50-32(60)21(4-3-11-43-38(40)41)48-33(61)23(13-27(55)56)47-26(54)10-9-22(36(64)65)49-31(59)18-5-7-19(8-6-18)44-15-20-16-45-30-29(46-20)35(63)53-39(42)52-30/h8-22,32-34,36-39,41,53,59H,23-25H2,1-7H3,(H,50,55);5-8,16,21-25,44H,2-4,9-15,17H2,1H3,(H,47,54)(H,48,61)(H,49,59)(H,50,60)(H,51,62)(H,55,56)(H,57,58)(H,64,65)(H,66,67)(H4,40,41,43)(H3,42,45,52,53,63)/t32-,33-,34+,36+,37+,38+,39?,41-,47+,48-,49+;21-,22-,23-,24-,25-/m00/s1. The molecule has 4 aliphatic rings. The summed E-state index contributed by atoms with van der Waals surface area (Å²) >= 11 is 0. The van der Waals surface area contributed by atoms with Gasteiger partial charge in [0.15, 0.2) is 40.7 Å². The third-order valence-electron chi connectivity index (χ3n) is 23.1. The van der Waals surface area contributed by atoms with E-state index < -0.39 is 234 Å². The number of aromatic nitrogens is 4. The molecule has 45 nitrogen and oxygen atoms in total. The van der Waals surface area contributed by atoms with E-state index in [0.717, 1.165) is 38.2 Å². The predicted octanol–water partition coefficient (Wildman–Crippen LogP) is 2.22. The van der Waals surface area contributed by atoms with Crippen LogP contribution in [0.1, 0.15) is 155 Å². The predicted molar refractivity (Wildman–Crippen MR) is 478 cm³/mol. The van der Waals surface area contributed by atoms with Gasteiger partial charge in [0.1, 0.15) is 60.2 Å². The number of rotatable bonds is 41. The van der Waals surface area contributed by atoms with Crippen LogP contribution in [0.3, 0.4) is 0 Å². The number of hydrogen-bond acceptors (Lipinski definition) is 34. The number of nitrogens with zero attached hydrogens (tertiary/aromatic N) is 4. The minimum absolute atomic E-state index is 0.0139. The Labute approximate surface area is 777 Å². The fourth-order valence-corrected chi connectivity index (χ4v) is 18.6. The number of aliphatic hydroxyl groups excluding tert-OH is 1. The average molecular weight is 1920 g/mol. The molecule has 47 heteroatoms. The van der Waals surface area contributed by atoms with Gasteiger partial charge in [-0.1, -0.05) is 109 Å². The molecule has 3 fully saturated rings. The second-order valence-corrected chi connectivity index (χ2v) is 35.2. The molecule has 2 bridgehead atoms. The molecular formula is C88H105N15O30S2. The summed E-state index contributed by atoms with van der Waals surface area (Å²) in [5, 5.41) is 81.1. The van der Waals surface area contributed by atoms with Crippen LogP contribution in [0.5, 0.6) is 0 Å². The van der Waals surface area contributed by atoms with Gasteiger partial charge in [-0.15, -0.1) is 0 Å². The van der Waals surface area contributed by atoms with Crippen LogP contribution in [0.15, 0.2) is 142 Å². The monoisotopic (exact) mass is 1920 g/mol. The summed E-state index contributed by atoms with van der Waals surface area (Å²) in [6.45, 7) is 9.73. The van der Waals surface area contributed by atoms with Crippen molar-refractivity contribution in [2.24, 2.45) is 33.2 Å².